The lowest BCUT2D eigenvalue weighted by Crippen LogP contribution is -2.54. The molecule has 4 aliphatic heterocycles. The molecule has 0 bridgehead atoms. The summed E-state index contributed by atoms with van der Waals surface area (Å²) in [5, 5.41) is 22.5. The van der Waals surface area contributed by atoms with E-state index in [0.717, 1.165) is 130 Å². The molecule has 0 atom stereocenters. The first-order valence-electron chi connectivity index (χ1n) is 42.9. The molecular formula is C91H190N10O8. The van der Waals surface area contributed by atoms with Crippen LogP contribution in [0.5, 0.6) is 0 Å². The average molecular weight is 1550 g/mol. The zero-order valence-electron chi connectivity index (χ0n) is 69.9. The Kier molecular flexibility index (Phi) is 72.9. The molecule has 652 valence electrons. The summed E-state index contributed by atoms with van der Waals surface area (Å²) in [6, 6.07) is 0. The number of likely N-dealkylation sites (tertiary alicyclic amines) is 1. The fraction of sp³-hybridized carbons (Fsp3) is 0.923. The number of nitrogens with zero attached hydrogens (tertiary/aromatic N) is 3. The molecule has 0 aromatic heterocycles. The first-order chi connectivity index (χ1) is 49.2. The summed E-state index contributed by atoms with van der Waals surface area (Å²) in [5.74, 6) is 1.10. The molecule has 4 saturated heterocycles. The van der Waals surface area contributed by atoms with Crippen LogP contribution in [0.25, 0.3) is 0 Å². The predicted molar refractivity (Wildman–Crippen MR) is 472 cm³/mol. The van der Waals surface area contributed by atoms with E-state index < -0.39 is 0 Å². The Labute approximate surface area is 677 Å². The maximum absolute atomic E-state index is 11.4. The Bertz CT molecular complexity index is 2100. The van der Waals surface area contributed by atoms with Crippen molar-refractivity contribution in [2.24, 2.45) is 0 Å². The number of carbonyl (C=O) groups excluding carboxylic acids is 7. The van der Waals surface area contributed by atoms with Crippen molar-refractivity contribution in [1.82, 2.24) is 51.9 Å². The van der Waals surface area contributed by atoms with Crippen LogP contribution in [0.2, 0.25) is 0 Å². The molecule has 0 aromatic carbocycles. The molecule has 3 aliphatic carbocycles. The van der Waals surface area contributed by atoms with Crippen LogP contribution in [0.4, 0.5) is 0 Å². The molecule has 3 saturated carbocycles. The van der Waals surface area contributed by atoms with Gasteiger partial charge in [0.15, 0.2) is 0 Å². The number of amides is 7. The van der Waals surface area contributed by atoms with Crippen molar-refractivity contribution in [2.75, 3.05) is 79.7 Å². The van der Waals surface area contributed by atoms with Gasteiger partial charge in [0.2, 0.25) is 41.4 Å². The normalized spacial score (nSPS) is 18.9. The third-order valence-corrected chi connectivity index (χ3v) is 22.9. The van der Waals surface area contributed by atoms with E-state index >= 15 is 0 Å². The molecule has 0 spiro atoms. The van der Waals surface area contributed by atoms with Crippen molar-refractivity contribution >= 4 is 41.4 Å². The van der Waals surface area contributed by atoms with Gasteiger partial charge in [-0.05, 0) is 149 Å². The highest BCUT2D eigenvalue weighted by Gasteiger charge is 2.38. The Morgan fingerprint density at radius 3 is 0.780 bits per heavy atom. The average Bonchev–Trinajstić information content (AvgIpc) is 1.82. The summed E-state index contributed by atoms with van der Waals surface area (Å²) in [4.78, 5) is 85.4. The second-order valence-corrected chi connectivity index (χ2v) is 32.8. The van der Waals surface area contributed by atoms with E-state index in [4.69, 9.17) is 4.74 Å². The number of nitrogens with one attached hydrogen (secondary N) is 7. The van der Waals surface area contributed by atoms with Gasteiger partial charge in [-0.25, -0.2) is 0 Å². The van der Waals surface area contributed by atoms with Crippen LogP contribution in [0.3, 0.4) is 0 Å². The molecule has 0 unspecified atom stereocenters. The standard InChI is InChI=1S/C14H27NO.C13H26N2O.C13H25NO.C12H24N2O.C12H23NO2.C12H23NO.C9H18N2O.6CH4/c1-3-4-7-10-14(15-13(2)16)11-8-5-6-9-12-14;1-4-5-6-7-13(14-12(2)16)8-10-15(3)11-9-13;1-3-4-6-9-13(14-12(2)15)10-7-5-8-11-13;1-3-4-5-6-12(14-11(2)15)7-9-13-10-8-12;1-3-4-5-6-12(13-11(2)14)7-9-15-10-8-12;1-3-4-5-8-12(13-11(2)14)9-6-7-10-12;1-3-4-9(12)11-7-5-10(2)6-8-11;;;;;;/h3-12H2,1-2H3,(H,15,16);4-11H2,1-3H3,(H,14,16);3-11H2,1-2H3,(H,14,15);13H,3-10H2,1-2H3,(H,14,15);3-10H2,1-2H3,(H,13,14);3-10H2,1-2H3,(H,13,14);3-8H2,1-2H3;6*1H4. The molecule has 4 heterocycles. The lowest BCUT2D eigenvalue weighted by Gasteiger charge is -2.41. The van der Waals surface area contributed by atoms with E-state index in [9.17, 15) is 33.6 Å². The van der Waals surface area contributed by atoms with E-state index in [-0.39, 0.29) is 113 Å². The van der Waals surface area contributed by atoms with Crippen molar-refractivity contribution in [3.8, 4) is 0 Å². The fourth-order valence-electron chi connectivity index (χ4n) is 17.0. The van der Waals surface area contributed by atoms with Crippen molar-refractivity contribution in [2.45, 2.75) is 470 Å². The minimum atomic E-state index is 0. The number of ether oxygens (including phenoxy) is 1. The molecule has 0 radical (unpaired) electrons. The zero-order valence-corrected chi connectivity index (χ0v) is 69.9. The Morgan fingerprint density at radius 2 is 0.523 bits per heavy atom. The van der Waals surface area contributed by atoms with Crippen LogP contribution in [0.1, 0.15) is 436 Å². The first-order valence-corrected chi connectivity index (χ1v) is 42.9. The highest BCUT2D eigenvalue weighted by molar-refractivity contribution is 5.77. The van der Waals surface area contributed by atoms with E-state index in [0.29, 0.717) is 12.3 Å². The smallest absolute Gasteiger partial charge is 0.222 e. The number of piperazine rings is 1. The van der Waals surface area contributed by atoms with Crippen LogP contribution < -0.4 is 37.2 Å². The Balaban J connectivity index is -0.000000282. The molecule has 18 nitrogen and oxygen atoms in total. The van der Waals surface area contributed by atoms with Gasteiger partial charge >= 0.3 is 0 Å². The van der Waals surface area contributed by atoms with Gasteiger partial charge in [0.1, 0.15) is 0 Å². The minimum absolute atomic E-state index is 0. The molecule has 7 rings (SSSR count). The van der Waals surface area contributed by atoms with E-state index in [1.165, 1.54) is 231 Å². The zero-order chi connectivity index (χ0) is 76.7. The monoisotopic (exact) mass is 1550 g/mol. The Hall–Kier alpha value is -3.87. The second-order valence-electron chi connectivity index (χ2n) is 32.8. The number of likely N-dealkylation sites (N-methyl/N-ethyl adjacent to an activating group) is 1. The molecule has 7 N–H and O–H groups in total. The molecule has 18 heteroatoms. The summed E-state index contributed by atoms with van der Waals surface area (Å²) in [6.07, 6.45) is 56.4. The number of hydrogen-bond donors (Lipinski definition) is 7. The summed E-state index contributed by atoms with van der Waals surface area (Å²) in [7, 11) is 4.26. The molecule has 0 aromatic rings. The summed E-state index contributed by atoms with van der Waals surface area (Å²) in [5.41, 5.74) is 0.663. The van der Waals surface area contributed by atoms with Crippen LogP contribution in [-0.2, 0) is 38.3 Å². The summed E-state index contributed by atoms with van der Waals surface area (Å²) in [6.45, 7) is 34.9. The lowest BCUT2D eigenvalue weighted by atomic mass is 9.78. The van der Waals surface area contributed by atoms with Gasteiger partial charge in [0.05, 0.1) is 0 Å². The fourth-order valence-corrected chi connectivity index (χ4v) is 17.0. The number of rotatable bonds is 32. The molecular weight excluding hydrogens is 1360 g/mol. The largest absolute Gasteiger partial charge is 0.381 e. The van der Waals surface area contributed by atoms with Crippen molar-refractivity contribution in [1.29, 1.82) is 0 Å². The van der Waals surface area contributed by atoms with Gasteiger partial charge < -0.3 is 56.7 Å². The van der Waals surface area contributed by atoms with Crippen molar-refractivity contribution in [3.05, 3.63) is 0 Å². The van der Waals surface area contributed by atoms with E-state index in [1.54, 1.807) is 41.5 Å². The van der Waals surface area contributed by atoms with Gasteiger partial charge in [-0.15, -0.1) is 0 Å². The molecule has 7 aliphatic rings. The van der Waals surface area contributed by atoms with Crippen molar-refractivity contribution < 1.29 is 38.3 Å². The predicted octanol–water partition coefficient (Wildman–Crippen LogP) is 20.8. The van der Waals surface area contributed by atoms with E-state index in [1.807, 2.05) is 11.8 Å². The second kappa shape index (κ2) is 68.5. The van der Waals surface area contributed by atoms with E-state index in [2.05, 4.69) is 103 Å². The van der Waals surface area contributed by atoms with Crippen LogP contribution in [0.15, 0.2) is 0 Å². The molecule has 109 heavy (non-hydrogen) atoms. The number of piperidine rings is 2. The highest BCUT2D eigenvalue weighted by atomic mass is 16.5. The van der Waals surface area contributed by atoms with Crippen LogP contribution in [-0.4, -0.2) is 169 Å². The third kappa shape index (κ3) is 54.5. The van der Waals surface area contributed by atoms with Crippen LogP contribution >= 0.6 is 0 Å². The number of unbranched alkanes of at least 4 members (excludes halogenated alkanes) is 12. The third-order valence-electron chi connectivity index (χ3n) is 22.9. The highest BCUT2D eigenvalue weighted by Crippen LogP contribution is 2.36. The van der Waals surface area contributed by atoms with Gasteiger partial charge in [-0.2, -0.15) is 0 Å². The maximum Gasteiger partial charge on any atom is 0.222 e. The topological polar surface area (TPSA) is 223 Å². The summed E-state index contributed by atoms with van der Waals surface area (Å²) >= 11 is 0. The maximum atomic E-state index is 11.4. The Morgan fingerprint density at radius 1 is 0.294 bits per heavy atom. The summed E-state index contributed by atoms with van der Waals surface area (Å²) < 4.78 is 5.36. The van der Waals surface area contributed by atoms with Crippen molar-refractivity contribution in [3.63, 3.8) is 0 Å². The molecule has 7 amide bonds. The molecule has 7 fully saturated rings. The minimum Gasteiger partial charge on any atom is -0.381 e. The van der Waals surface area contributed by atoms with Gasteiger partial charge in [-0.3, -0.25) is 33.6 Å². The number of carbonyl (C=O) groups is 7. The van der Waals surface area contributed by atoms with Crippen LogP contribution in [0, 0.1) is 0 Å². The number of hydrogen-bond acceptors (Lipinski definition) is 11. The first kappa shape index (κ1) is 116. The SMILES string of the molecule is C.C.C.C.C.C.CCCC(=O)N1CCN(C)CC1.CCCCCC1(NC(C)=O)CCCC1.CCCCCC1(NC(C)=O)CCCCC1.CCCCCC1(NC(C)=O)CCCCCC1.CCCCCC1(NC(C)=O)CCN(C)CC1.CCCCCC1(NC(C)=O)CCNCC1.CCCCCC1(NC(C)=O)CCOCC1. The van der Waals surface area contributed by atoms with Gasteiger partial charge in [-0.1, -0.05) is 266 Å². The lowest BCUT2D eigenvalue weighted by molar-refractivity contribution is -0.133. The van der Waals surface area contributed by atoms with Gasteiger partial charge in [0, 0.05) is 134 Å². The quantitative estimate of drug-likeness (QED) is 0.0248. The van der Waals surface area contributed by atoms with Gasteiger partial charge in [0.25, 0.3) is 0 Å².